The van der Waals surface area contributed by atoms with Gasteiger partial charge in [0.05, 0.1) is 11.1 Å². The molecule has 0 saturated carbocycles. The highest BCUT2D eigenvalue weighted by Crippen LogP contribution is 2.39. The number of rotatable bonds is 6. The SMILES string of the molecule is CCSc1ccccc1C(=P)Nc1cc(SC(F)(F)F)ccc1O. The van der Waals surface area contributed by atoms with Gasteiger partial charge in [-0.15, -0.1) is 11.8 Å². The predicted octanol–water partition coefficient (Wildman–Crippen LogP) is 5.85. The van der Waals surface area contributed by atoms with Crippen LogP contribution in [-0.2, 0) is 0 Å². The number of nitrogens with one attached hydrogen (secondary N) is 1. The number of halogens is 3. The minimum Gasteiger partial charge on any atom is -0.506 e. The molecule has 24 heavy (non-hydrogen) atoms. The number of anilines is 1. The Balaban J connectivity index is 2.24. The highest BCUT2D eigenvalue weighted by atomic mass is 32.2. The van der Waals surface area contributed by atoms with Crippen LogP contribution in [0.2, 0.25) is 0 Å². The summed E-state index contributed by atoms with van der Waals surface area (Å²) in [5.74, 6) is 0.761. The molecule has 128 valence electrons. The molecule has 2 aromatic rings. The van der Waals surface area contributed by atoms with Gasteiger partial charge in [0.25, 0.3) is 0 Å². The Hall–Kier alpha value is -1.30. The summed E-state index contributed by atoms with van der Waals surface area (Å²) in [5, 5.41) is 12.8. The zero-order chi connectivity index (χ0) is 17.7. The van der Waals surface area contributed by atoms with Crippen LogP contribution >= 0.6 is 32.4 Å². The van der Waals surface area contributed by atoms with Gasteiger partial charge < -0.3 is 10.4 Å². The van der Waals surface area contributed by atoms with Gasteiger partial charge in [-0.05, 0) is 41.8 Å². The molecule has 2 rings (SSSR count). The quantitative estimate of drug-likeness (QED) is 0.369. The topological polar surface area (TPSA) is 32.3 Å². The summed E-state index contributed by atoms with van der Waals surface area (Å²) in [7, 11) is 3.47. The Labute approximate surface area is 149 Å². The van der Waals surface area contributed by atoms with Gasteiger partial charge in [-0.2, -0.15) is 13.2 Å². The summed E-state index contributed by atoms with van der Waals surface area (Å²) in [5.41, 5.74) is -2.74. The molecule has 0 aliphatic heterocycles. The van der Waals surface area contributed by atoms with Crippen LogP contribution in [0.5, 0.6) is 5.75 Å². The molecule has 2 N–H and O–H groups in total. The average molecular weight is 389 g/mol. The van der Waals surface area contributed by atoms with Crippen molar-refractivity contribution < 1.29 is 18.3 Å². The van der Waals surface area contributed by atoms with Crippen LogP contribution in [0.1, 0.15) is 12.5 Å². The lowest BCUT2D eigenvalue weighted by Gasteiger charge is -2.15. The number of hydrogen-bond acceptors (Lipinski definition) is 3. The maximum Gasteiger partial charge on any atom is 0.446 e. The van der Waals surface area contributed by atoms with Gasteiger partial charge in [0.15, 0.2) is 0 Å². The smallest absolute Gasteiger partial charge is 0.446 e. The van der Waals surface area contributed by atoms with E-state index in [9.17, 15) is 18.3 Å². The van der Waals surface area contributed by atoms with Crippen LogP contribution in [0.25, 0.3) is 0 Å². The second-order valence-corrected chi connectivity index (χ2v) is 7.60. The summed E-state index contributed by atoms with van der Waals surface area (Å²) in [6, 6.07) is 11.4. The Morgan fingerprint density at radius 1 is 1.21 bits per heavy atom. The number of phenolic OH excluding ortho intramolecular Hbond substituents is 1. The number of thioether (sulfide) groups is 2. The third-order valence-corrected chi connectivity index (χ3v) is 4.99. The van der Waals surface area contributed by atoms with E-state index in [1.54, 1.807) is 11.8 Å². The van der Waals surface area contributed by atoms with E-state index in [1.165, 1.54) is 18.2 Å². The highest BCUT2D eigenvalue weighted by Gasteiger charge is 2.29. The molecule has 0 spiro atoms. The van der Waals surface area contributed by atoms with Crippen molar-refractivity contribution >= 4 is 43.5 Å². The molecule has 0 radical (unpaired) electrons. The molecule has 0 unspecified atom stereocenters. The summed E-state index contributed by atoms with van der Waals surface area (Å²) in [6.07, 6.45) is 0. The molecule has 0 aromatic heterocycles. The van der Waals surface area contributed by atoms with E-state index in [4.69, 9.17) is 0 Å². The van der Waals surface area contributed by atoms with E-state index in [0.717, 1.165) is 16.2 Å². The molecule has 2 aromatic carbocycles. The van der Waals surface area contributed by atoms with Gasteiger partial charge in [0.1, 0.15) is 5.75 Å². The van der Waals surface area contributed by atoms with E-state index in [-0.39, 0.29) is 28.1 Å². The van der Waals surface area contributed by atoms with Crippen LogP contribution < -0.4 is 5.32 Å². The van der Waals surface area contributed by atoms with Crippen LogP contribution in [0.3, 0.4) is 0 Å². The van der Waals surface area contributed by atoms with E-state index in [0.29, 0.717) is 5.42 Å². The second-order valence-electron chi connectivity index (χ2n) is 4.66. The van der Waals surface area contributed by atoms with Crippen molar-refractivity contribution in [2.45, 2.75) is 22.2 Å². The van der Waals surface area contributed by atoms with E-state index in [1.807, 2.05) is 31.2 Å². The molecule has 0 amide bonds. The Bertz CT molecular complexity index is 738. The standard InChI is InChI=1S/C16H15F3NOPS2/c1-2-23-14-6-4-3-5-11(14)15(22)20-12-9-10(7-8-13(12)21)24-16(17,18)19/h3-9,20-22H,2H2,1H3. The molecule has 2 nitrogen and oxygen atoms in total. The first-order chi connectivity index (χ1) is 11.3. The summed E-state index contributed by atoms with van der Waals surface area (Å²) < 4.78 is 37.5. The third-order valence-electron chi connectivity index (χ3n) is 2.92. The first-order valence-corrected chi connectivity index (χ1v) is 9.27. The highest BCUT2D eigenvalue weighted by molar-refractivity contribution is 8.00. The van der Waals surface area contributed by atoms with E-state index in [2.05, 4.69) is 14.2 Å². The first-order valence-electron chi connectivity index (χ1n) is 6.96. The van der Waals surface area contributed by atoms with Gasteiger partial charge in [0.2, 0.25) is 0 Å². The number of benzene rings is 2. The predicted molar refractivity (Wildman–Crippen MR) is 98.9 cm³/mol. The molecule has 8 heteroatoms. The van der Waals surface area contributed by atoms with Crippen LogP contribution in [0.15, 0.2) is 52.3 Å². The van der Waals surface area contributed by atoms with Crippen molar-refractivity contribution in [1.82, 2.24) is 0 Å². The van der Waals surface area contributed by atoms with Crippen molar-refractivity contribution in [2.24, 2.45) is 0 Å². The van der Waals surface area contributed by atoms with Crippen molar-refractivity contribution in [3.63, 3.8) is 0 Å². The Morgan fingerprint density at radius 2 is 1.92 bits per heavy atom. The minimum absolute atomic E-state index is 0.00140. The molecule has 0 aliphatic carbocycles. The molecular weight excluding hydrogens is 374 g/mol. The monoisotopic (exact) mass is 389 g/mol. The average Bonchev–Trinajstić information content (AvgIpc) is 2.50. The maximum absolute atomic E-state index is 12.5. The lowest BCUT2D eigenvalue weighted by Crippen LogP contribution is -2.11. The molecule has 0 heterocycles. The third kappa shape index (κ3) is 5.36. The molecule has 0 fully saturated rings. The second kappa shape index (κ2) is 8.19. The van der Waals surface area contributed by atoms with Gasteiger partial charge in [-0.25, -0.2) is 0 Å². The van der Waals surface area contributed by atoms with Gasteiger partial charge in [-0.3, -0.25) is 0 Å². The molecular formula is C16H15F3NOPS2. The normalized spacial score (nSPS) is 11.3. The van der Waals surface area contributed by atoms with Gasteiger partial charge in [-0.1, -0.05) is 34.0 Å². The number of alkyl halides is 3. The first kappa shape index (κ1) is 19.0. The Kier molecular flexibility index (Phi) is 6.49. The molecule has 0 atom stereocenters. The van der Waals surface area contributed by atoms with E-state index < -0.39 is 5.51 Å². The maximum atomic E-state index is 12.5. The van der Waals surface area contributed by atoms with Crippen molar-refractivity contribution in [2.75, 3.05) is 11.1 Å². The number of hydrogen-bond donors (Lipinski definition) is 2. The van der Waals surface area contributed by atoms with E-state index >= 15 is 0 Å². The molecule has 0 aliphatic rings. The summed E-state index contributed by atoms with van der Waals surface area (Å²) >= 11 is 1.43. The lowest BCUT2D eigenvalue weighted by atomic mass is 10.2. The fourth-order valence-corrected chi connectivity index (χ4v) is 3.80. The summed E-state index contributed by atoms with van der Waals surface area (Å²) in [6.45, 7) is 2.03. The van der Waals surface area contributed by atoms with Crippen LogP contribution in [-0.4, -0.2) is 21.8 Å². The molecule has 0 bridgehead atoms. The molecule has 0 saturated heterocycles. The fraction of sp³-hybridized carbons (Fsp3) is 0.188. The largest absolute Gasteiger partial charge is 0.506 e. The van der Waals surface area contributed by atoms with Crippen molar-refractivity contribution in [3.05, 3.63) is 48.0 Å². The summed E-state index contributed by atoms with van der Waals surface area (Å²) in [4.78, 5) is 1.02. The van der Waals surface area contributed by atoms with Crippen LogP contribution in [0.4, 0.5) is 18.9 Å². The van der Waals surface area contributed by atoms with Crippen molar-refractivity contribution in [3.8, 4) is 5.75 Å². The lowest BCUT2D eigenvalue weighted by molar-refractivity contribution is -0.0328. The Morgan fingerprint density at radius 3 is 2.58 bits per heavy atom. The zero-order valence-electron chi connectivity index (χ0n) is 12.6. The minimum atomic E-state index is -4.38. The van der Waals surface area contributed by atoms with Crippen LogP contribution in [0, 0.1) is 0 Å². The number of phenols is 1. The number of aromatic hydroxyl groups is 1. The van der Waals surface area contributed by atoms with Gasteiger partial charge in [0, 0.05) is 15.4 Å². The zero-order valence-corrected chi connectivity index (χ0v) is 15.3. The van der Waals surface area contributed by atoms with Gasteiger partial charge >= 0.3 is 5.51 Å². The van der Waals surface area contributed by atoms with Crippen molar-refractivity contribution in [1.29, 1.82) is 0 Å². The fourth-order valence-electron chi connectivity index (χ4n) is 1.97.